The van der Waals surface area contributed by atoms with Crippen LogP contribution in [0, 0.1) is 0 Å². The molecule has 108 valence electrons. The number of amides is 1. The van der Waals surface area contributed by atoms with Crippen molar-refractivity contribution in [3.05, 3.63) is 0 Å². The molecule has 1 fully saturated rings. The summed E-state index contributed by atoms with van der Waals surface area (Å²) in [5.74, 6) is 0.380. The average molecular weight is 277 g/mol. The Labute approximate surface area is 143 Å². The Morgan fingerprint density at radius 1 is 0.947 bits per heavy atom. The molecule has 3 heteroatoms. The number of hydrogen-bond acceptors (Lipinski definition) is 1. The van der Waals surface area contributed by atoms with Gasteiger partial charge in [0.2, 0.25) is 5.91 Å². The van der Waals surface area contributed by atoms with Crippen molar-refractivity contribution in [3.8, 4) is 0 Å². The van der Waals surface area contributed by atoms with Gasteiger partial charge in [0.1, 0.15) is 0 Å². The van der Waals surface area contributed by atoms with Crippen molar-refractivity contribution in [1.82, 2.24) is 4.90 Å². The van der Waals surface area contributed by atoms with Gasteiger partial charge >= 0.3 is 29.6 Å². The van der Waals surface area contributed by atoms with Gasteiger partial charge in [0, 0.05) is 19.5 Å². The molecule has 0 aliphatic carbocycles. The average Bonchev–Trinajstić information content (AvgIpc) is 2.77. The van der Waals surface area contributed by atoms with E-state index in [0.29, 0.717) is 5.91 Å². The number of carbonyl (C=O) groups excluding carboxylic acids is 1. The molecule has 2 nitrogen and oxygen atoms in total. The van der Waals surface area contributed by atoms with Crippen molar-refractivity contribution in [2.24, 2.45) is 0 Å². The summed E-state index contributed by atoms with van der Waals surface area (Å²) in [5.41, 5.74) is 0. The summed E-state index contributed by atoms with van der Waals surface area (Å²) in [6, 6.07) is 0. The van der Waals surface area contributed by atoms with Crippen LogP contribution in [0.2, 0.25) is 0 Å². The zero-order chi connectivity index (χ0) is 13.1. The first kappa shape index (κ1) is 19.5. The first-order chi connectivity index (χ1) is 8.84. The Hall–Kier alpha value is 0.470. The van der Waals surface area contributed by atoms with E-state index in [2.05, 4.69) is 6.92 Å². The van der Waals surface area contributed by atoms with Gasteiger partial charge in [-0.2, -0.15) is 0 Å². The quantitative estimate of drug-likeness (QED) is 0.415. The molecule has 1 saturated heterocycles. The number of unbranched alkanes of at least 4 members (excludes halogenated alkanes) is 9. The van der Waals surface area contributed by atoms with Crippen LogP contribution < -0.4 is 29.6 Å². The number of likely N-dealkylation sites (tertiary alicyclic amines) is 1. The third-order valence-corrected chi connectivity index (χ3v) is 3.95. The fourth-order valence-electron chi connectivity index (χ4n) is 2.73. The van der Waals surface area contributed by atoms with E-state index in [9.17, 15) is 4.79 Å². The van der Waals surface area contributed by atoms with Crippen LogP contribution in [0.4, 0.5) is 0 Å². The zero-order valence-corrected chi connectivity index (χ0v) is 15.3. The van der Waals surface area contributed by atoms with Crippen molar-refractivity contribution in [3.63, 3.8) is 0 Å². The first-order valence-electron chi connectivity index (χ1n) is 8.12. The van der Waals surface area contributed by atoms with E-state index in [0.717, 1.165) is 25.9 Å². The second-order valence-corrected chi connectivity index (χ2v) is 5.67. The molecule has 1 aliphatic heterocycles. The van der Waals surface area contributed by atoms with Gasteiger partial charge in [-0.1, -0.05) is 64.7 Å². The van der Waals surface area contributed by atoms with Crippen LogP contribution in [-0.2, 0) is 4.79 Å². The third-order valence-electron chi connectivity index (χ3n) is 3.95. The van der Waals surface area contributed by atoms with E-state index >= 15 is 0 Å². The molecule has 19 heavy (non-hydrogen) atoms. The minimum absolute atomic E-state index is 0. The molecule has 0 spiro atoms. The summed E-state index contributed by atoms with van der Waals surface area (Å²) in [5, 5.41) is 0. The second-order valence-electron chi connectivity index (χ2n) is 5.67. The maximum absolute atomic E-state index is 11.4. The molecule has 0 bridgehead atoms. The molecule has 0 saturated carbocycles. The number of rotatable bonds is 11. The SMILES string of the molecule is CCCCCCCCCCCCN1CCCC1=O.[H-].[Na+]. The summed E-state index contributed by atoms with van der Waals surface area (Å²) >= 11 is 0. The Morgan fingerprint density at radius 2 is 1.47 bits per heavy atom. The number of nitrogens with zero attached hydrogens (tertiary/aromatic N) is 1. The van der Waals surface area contributed by atoms with Crippen LogP contribution in [0.15, 0.2) is 0 Å². The Morgan fingerprint density at radius 3 is 1.95 bits per heavy atom. The summed E-state index contributed by atoms with van der Waals surface area (Å²) in [4.78, 5) is 13.4. The molecule has 1 aliphatic rings. The molecular weight excluding hydrogens is 245 g/mol. The van der Waals surface area contributed by atoms with Crippen LogP contribution in [0.25, 0.3) is 0 Å². The Bertz CT molecular complexity index is 227. The van der Waals surface area contributed by atoms with Crippen molar-refractivity contribution in [2.75, 3.05) is 13.1 Å². The van der Waals surface area contributed by atoms with Gasteiger partial charge in [0.15, 0.2) is 0 Å². The number of carbonyl (C=O) groups is 1. The van der Waals surface area contributed by atoms with Crippen molar-refractivity contribution >= 4 is 5.91 Å². The standard InChI is InChI=1S/C16H31NO.Na.H/c1-2-3-4-5-6-7-8-9-10-11-14-17-15-12-13-16(17)18;;/h2-15H2,1H3;;/q;+1;-1. The van der Waals surface area contributed by atoms with E-state index in [4.69, 9.17) is 0 Å². The predicted molar refractivity (Wildman–Crippen MR) is 78.8 cm³/mol. The molecule has 0 radical (unpaired) electrons. The van der Waals surface area contributed by atoms with Crippen molar-refractivity contribution in [1.29, 1.82) is 0 Å². The molecule has 1 rings (SSSR count). The molecule has 0 aromatic rings. The largest absolute Gasteiger partial charge is 1.00 e. The first-order valence-corrected chi connectivity index (χ1v) is 8.12. The minimum Gasteiger partial charge on any atom is -1.00 e. The molecule has 0 unspecified atom stereocenters. The number of hydrogen-bond donors (Lipinski definition) is 0. The summed E-state index contributed by atoms with van der Waals surface area (Å²) in [7, 11) is 0. The van der Waals surface area contributed by atoms with Crippen LogP contribution in [0.1, 0.15) is 85.4 Å². The minimum atomic E-state index is 0. The van der Waals surface area contributed by atoms with E-state index in [-0.39, 0.29) is 31.0 Å². The zero-order valence-electron chi connectivity index (χ0n) is 14.3. The molecule has 0 aromatic carbocycles. The Kier molecular flexibility index (Phi) is 13.8. The molecule has 0 N–H and O–H groups in total. The van der Waals surface area contributed by atoms with E-state index in [1.165, 1.54) is 64.2 Å². The maximum Gasteiger partial charge on any atom is 1.00 e. The third kappa shape index (κ3) is 9.92. The summed E-state index contributed by atoms with van der Waals surface area (Å²) < 4.78 is 0. The van der Waals surface area contributed by atoms with Crippen molar-refractivity contribution in [2.45, 2.75) is 84.0 Å². The van der Waals surface area contributed by atoms with Crippen molar-refractivity contribution < 1.29 is 35.8 Å². The van der Waals surface area contributed by atoms with Gasteiger partial charge in [-0.3, -0.25) is 4.79 Å². The van der Waals surface area contributed by atoms with Gasteiger partial charge in [0.05, 0.1) is 0 Å². The molecule has 0 atom stereocenters. The normalized spacial score (nSPS) is 14.8. The topological polar surface area (TPSA) is 20.3 Å². The fourth-order valence-corrected chi connectivity index (χ4v) is 2.73. The fraction of sp³-hybridized carbons (Fsp3) is 0.938. The maximum atomic E-state index is 11.4. The van der Waals surface area contributed by atoms with Crippen LogP contribution >= 0.6 is 0 Å². The monoisotopic (exact) mass is 277 g/mol. The smallest absolute Gasteiger partial charge is 1.00 e. The van der Waals surface area contributed by atoms with Gasteiger partial charge < -0.3 is 6.33 Å². The molecular formula is C16H32NNaO. The van der Waals surface area contributed by atoms with Gasteiger partial charge in [-0.05, 0) is 12.8 Å². The van der Waals surface area contributed by atoms with E-state index in [1.807, 2.05) is 4.90 Å². The van der Waals surface area contributed by atoms with Crippen LogP contribution in [0.5, 0.6) is 0 Å². The molecule has 1 amide bonds. The van der Waals surface area contributed by atoms with Crippen LogP contribution in [0.3, 0.4) is 0 Å². The predicted octanol–water partition coefficient (Wildman–Crippen LogP) is 1.65. The Balaban J connectivity index is 0. The summed E-state index contributed by atoms with van der Waals surface area (Å²) in [6.45, 7) is 4.29. The second kappa shape index (κ2) is 13.5. The van der Waals surface area contributed by atoms with E-state index < -0.39 is 0 Å². The van der Waals surface area contributed by atoms with Gasteiger partial charge in [-0.25, -0.2) is 0 Å². The molecule has 0 aromatic heterocycles. The van der Waals surface area contributed by atoms with Gasteiger partial charge in [-0.15, -0.1) is 0 Å². The van der Waals surface area contributed by atoms with Gasteiger partial charge in [0.25, 0.3) is 0 Å². The van der Waals surface area contributed by atoms with Crippen LogP contribution in [-0.4, -0.2) is 23.9 Å². The molecule has 1 heterocycles. The van der Waals surface area contributed by atoms with E-state index in [1.54, 1.807) is 0 Å². The summed E-state index contributed by atoms with van der Waals surface area (Å²) in [6.07, 6.45) is 15.6.